The van der Waals surface area contributed by atoms with Crippen LogP contribution in [-0.4, -0.2) is 47.3 Å². The van der Waals surface area contributed by atoms with Gasteiger partial charge in [-0.25, -0.2) is 4.98 Å². The van der Waals surface area contributed by atoms with Gasteiger partial charge in [0.05, 0.1) is 25.2 Å². The maximum absolute atomic E-state index is 6.26. The van der Waals surface area contributed by atoms with E-state index in [9.17, 15) is 0 Å². The van der Waals surface area contributed by atoms with Gasteiger partial charge in [0.25, 0.3) is 0 Å². The van der Waals surface area contributed by atoms with Crippen LogP contribution in [0.4, 0.5) is 0 Å². The molecule has 2 rings (SSSR count). The molecule has 5 nitrogen and oxygen atoms in total. The lowest BCUT2D eigenvalue weighted by atomic mass is 10.0. The molecule has 0 spiro atoms. The molecule has 1 unspecified atom stereocenters. The Morgan fingerprint density at radius 1 is 1.32 bits per heavy atom. The van der Waals surface area contributed by atoms with E-state index in [2.05, 4.69) is 28.3 Å². The Hall–Kier alpha value is -0.910. The predicted molar refractivity (Wildman–Crippen MR) is 75.9 cm³/mol. The van der Waals surface area contributed by atoms with Crippen molar-refractivity contribution in [1.82, 2.24) is 14.5 Å². The van der Waals surface area contributed by atoms with Crippen molar-refractivity contribution in [3.63, 3.8) is 0 Å². The fraction of sp³-hybridized carbons (Fsp3) is 0.786. The van der Waals surface area contributed by atoms with E-state index in [-0.39, 0.29) is 6.04 Å². The second kappa shape index (κ2) is 7.03. The molecule has 1 fully saturated rings. The van der Waals surface area contributed by atoms with Gasteiger partial charge in [0.15, 0.2) is 0 Å². The van der Waals surface area contributed by atoms with Crippen LogP contribution in [0.1, 0.15) is 32.0 Å². The van der Waals surface area contributed by atoms with Crippen molar-refractivity contribution in [2.45, 2.75) is 32.9 Å². The summed E-state index contributed by atoms with van der Waals surface area (Å²) in [6.45, 7) is 10.2. The third-order valence-electron chi connectivity index (χ3n) is 3.61. The fourth-order valence-electron chi connectivity index (χ4n) is 2.53. The van der Waals surface area contributed by atoms with Gasteiger partial charge in [-0.05, 0) is 12.3 Å². The minimum absolute atomic E-state index is 0.0900. The minimum Gasteiger partial charge on any atom is -0.379 e. The fourth-order valence-corrected chi connectivity index (χ4v) is 2.53. The summed E-state index contributed by atoms with van der Waals surface area (Å²) in [6, 6.07) is 0.0900. The molecule has 1 aliphatic rings. The molecule has 1 saturated heterocycles. The Labute approximate surface area is 115 Å². The van der Waals surface area contributed by atoms with Crippen molar-refractivity contribution in [1.29, 1.82) is 0 Å². The van der Waals surface area contributed by atoms with Crippen LogP contribution in [0, 0.1) is 5.92 Å². The highest BCUT2D eigenvalue weighted by molar-refractivity contribution is 5.04. The second-order valence-corrected chi connectivity index (χ2v) is 5.70. The third-order valence-corrected chi connectivity index (χ3v) is 3.61. The molecule has 0 aliphatic carbocycles. The van der Waals surface area contributed by atoms with Gasteiger partial charge in [-0.1, -0.05) is 13.8 Å². The summed E-state index contributed by atoms with van der Waals surface area (Å²) in [5.41, 5.74) is 7.41. The van der Waals surface area contributed by atoms with Crippen molar-refractivity contribution < 1.29 is 4.74 Å². The maximum Gasteiger partial charge on any atom is 0.0949 e. The highest BCUT2D eigenvalue weighted by atomic mass is 16.5. The number of rotatable bonds is 6. The van der Waals surface area contributed by atoms with E-state index in [0.717, 1.165) is 51.5 Å². The Morgan fingerprint density at radius 2 is 2.05 bits per heavy atom. The first-order valence-corrected chi connectivity index (χ1v) is 7.22. The van der Waals surface area contributed by atoms with Crippen molar-refractivity contribution >= 4 is 0 Å². The van der Waals surface area contributed by atoms with Crippen molar-refractivity contribution in [2.75, 3.05) is 32.8 Å². The molecule has 0 aromatic carbocycles. The van der Waals surface area contributed by atoms with E-state index in [1.165, 1.54) is 0 Å². The van der Waals surface area contributed by atoms with Crippen molar-refractivity contribution in [3.8, 4) is 0 Å². The van der Waals surface area contributed by atoms with Gasteiger partial charge in [-0.3, -0.25) is 4.90 Å². The Balaban J connectivity index is 1.87. The molecule has 2 heterocycles. The molecule has 5 heteroatoms. The van der Waals surface area contributed by atoms with Gasteiger partial charge in [-0.2, -0.15) is 0 Å². The first-order chi connectivity index (χ1) is 9.16. The lowest BCUT2D eigenvalue weighted by Crippen LogP contribution is -2.38. The van der Waals surface area contributed by atoms with Crippen LogP contribution in [0.2, 0.25) is 0 Å². The highest BCUT2D eigenvalue weighted by Crippen LogP contribution is 2.18. The number of nitrogens with two attached hydrogens (primary N) is 1. The standard InChI is InChI=1S/C14H26N4O/c1-12(2)9-13(15)14-10-16-11-18(14)4-3-17-5-7-19-8-6-17/h10-13H,3-9,15H2,1-2H3. The Kier molecular flexibility index (Phi) is 5.36. The summed E-state index contributed by atoms with van der Waals surface area (Å²) in [6.07, 6.45) is 4.81. The van der Waals surface area contributed by atoms with E-state index in [1.807, 2.05) is 12.5 Å². The Bertz CT molecular complexity index is 371. The average molecular weight is 266 g/mol. The molecule has 1 aromatic heterocycles. The predicted octanol–water partition coefficient (Wildman–Crippen LogP) is 1.26. The largest absolute Gasteiger partial charge is 0.379 e. The third kappa shape index (κ3) is 4.30. The van der Waals surface area contributed by atoms with Crippen LogP contribution in [0.5, 0.6) is 0 Å². The maximum atomic E-state index is 6.26. The van der Waals surface area contributed by atoms with Crippen LogP contribution in [0.15, 0.2) is 12.5 Å². The summed E-state index contributed by atoms with van der Waals surface area (Å²) in [7, 11) is 0. The monoisotopic (exact) mass is 266 g/mol. The summed E-state index contributed by atoms with van der Waals surface area (Å²) in [4.78, 5) is 6.69. The number of nitrogens with zero attached hydrogens (tertiary/aromatic N) is 3. The zero-order chi connectivity index (χ0) is 13.7. The lowest BCUT2D eigenvalue weighted by Gasteiger charge is -2.27. The quantitative estimate of drug-likeness (QED) is 0.842. The lowest BCUT2D eigenvalue weighted by molar-refractivity contribution is 0.0362. The number of imidazole rings is 1. The first-order valence-electron chi connectivity index (χ1n) is 7.22. The Morgan fingerprint density at radius 3 is 2.74 bits per heavy atom. The topological polar surface area (TPSA) is 56.3 Å². The zero-order valence-electron chi connectivity index (χ0n) is 12.1. The van der Waals surface area contributed by atoms with Crippen LogP contribution in [-0.2, 0) is 11.3 Å². The second-order valence-electron chi connectivity index (χ2n) is 5.70. The number of hydrogen-bond acceptors (Lipinski definition) is 4. The molecule has 108 valence electrons. The van der Waals surface area contributed by atoms with E-state index < -0.39 is 0 Å². The minimum atomic E-state index is 0.0900. The molecule has 19 heavy (non-hydrogen) atoms. The van der Waals surface area contributed by atoms with Crippen LogP contribution in [0.25, 0.3) is 0 Å². The van der Waals surface area contributed by atoms with Crippen LogP contribution in [0.3, 0.4) is 0 Å². The van der Waals surface area contributed by atoms with Crippen LogP contribution >= 0.6 is 0 Å². The van der Waals surface area contributed by atoms with Crippen molar-refractivity contribution in [2.24, 2.45) is 11.7 Å². The average Bonchev–Trinajstić information content (AvgIpc) is 2.85. The smallest absolute Gasteiger partial charge is 0.0949 e. The normalized spacial score (nSPS) is 18.9. The molecule has 0 saturated carbocycles. The molecule has 1 atom stereocenters. The van der Waals surface area contributed by atoms with Crippen LogP contribution < -0.4 is 5.73 Å². The van der Waals surface area contributed by atoms with Gasteiger partial charge < -0.3 is 15.0 Å². The number of aromatic nitrogens is 2. The first kappa shape index (κ1) is 14.5. The molecule has 2 N–H and O–H groups in total. The SMILES string of the molecule is CC(C)CC(N)c1cncn1CCN1CCOCC1. The number of morpholine rings is 1. The van der Waals surface area contributed by atoms with Gasteiger partial charge in [0.2, 0.25) is 0 Å². The van der Waals surface area contributed by atoms with Gasteiger partial charge >= 0.3 is 0 Å². The molecule has 1 aromatic rings. The summed E-state index contributed by atoms with van der Waals surface area (Å²) in [5.74, 6) is 0.609. The molecular formula is C14H26N4O. The highest BCUT2D eigenvalue weighted by Gasteiger charge is 2.15. The number of hydrogen-bond donors (Lipinski definition) is 1. The molecule has 0 radical (unpaired) electrons. The van der Waals surface area contributed by atoms with E-state index in [1.54, 1.807) is 0 Å². The van der Waals surface area contributed by atoms with Gasteiger partial charge in [0, 0.05) is 38.4 Å². The van der Waals surface area contributed by atoms with Crippen molar-refractivity contribution in [3.05, 3.63) is 18.2 Å². The molecule has 0 amide bonds. The van der Waals surface area contributed by atoms with E-state index in [0.29, 0.717) is 5.92 Å². The van der Waals surface area contributed by atoms with E-state index >= 15 is 0 Å². The molecule has 0 bridgehead atoms. The van der Waals surface area contributed by atoms with Gasteiger partial charge in [-0.15, -0.1) is 0 Å². The zero-order valence-corrected chi connectivity index (χ0v) is 12.1. The summed E-state index contributed by atoms with van der Waals surface area (Å²) >= 11 is 0. The summed E-state index contributed by atoms with van der Waals surface area (Å²) < 4.78 is 7.56. The van der Waals surface area contributed by atoms with E-state index in [4.69, 9.17) is 10.5 Å². The summed E-state index contributed by atoms with van der Waals surface area (Å²) in [5, 5.41) is 0. The number of ether oxygens (including phenoxy) is 1. The molecule has 1 aliphatic heterocycles. The van der Waals surface area contributed by atoms with Gasteiger partial charge in [0.1, 0.15) is 0 Å². The molecular weight excluding hydrogens is 240 g/mol.